The van der Waals surface area contributed by atoms with E-state index in [9.17, 15) is 5.11 Å². The number of aromatic nitrogens is 2. The molecule has 0 saturated carbocycles. The molecule has 0 radical (unpaired) electrons. The summed E-state index contributed by atoms with van der Waals surface area (Å²) in [5.74, 6) is 0.273. The van der Waals surface area contributed by atoms with Gasteiger partial charge in [0.2, 0.25) is 0 Å². The summed E-state index contributed by atoms with van der Waals surface area (Å²) in [5, 5.41) is 14.3. The van der Waals surface area contributed by atoms with Gasteiger partial charge in [-0.1, -0.05) is 0 Å². The average Bonchev–Trinajstić information content (AvgIpc) is 2.51. The number of hydrogen-bond acceptors (Lipinski definition) is 2. The molecule has 0 aliphatic heterocycles. The predicted molar refractivity (Wildman–Crippen MR) is 64.2 cm³/mol. The van der Waals surface area contributed by atoms with Crippen LogP contribution in [0.4, 0.5) is 0 Å². The Bertz CT molecular complexity index is 541. The van der Waals surface area contributed by atoms with Crippen molar-refractivity contribution in [1.82, 2.24) is 9.78 Å². The lowest BCUT2D eigenvalue weighted by atomic mass is 10.1. The molecule has 0 fully saturated rings. The van der Waals surface area contributed by atoms with Gasteiger partial charge in [0.15, 0.2) is 0 Å². The highest BCUT2D eigenvalue weighted by Crippen LogP contribution is 2.26. The van der Waals surface area contributed by atoms with Crippen molar-refractivity contribution in [3.8, 4) is 11.4 Å². The largest absolute Gasteiger partial charge is 0.506 e. The third-order valence-corrected chi connectivity index (χ3v) is 2.83. The van der Waals surface area contributed by atoms with Crippen LogP contribution in [0.3, 0.4) is 0 Å². The first-order valence-electron chi connectivity index (χ1n) is 5.33. The van der Waals surface area contributed by atoms with E-state index in [-0.39, 0.29) is 5.75 Å². The number of phenols is 1. The Hall–Kier alpha value is -1.77. The van der Waals surface area contributed by atoms with Crippen LogP contribution in [0.15, 0.2) is 18.2 Å². The molecule has 0 spiro atoms. The Morgan fingerprint density at radius 1 is 1.00 bits per heavy atom. The van der Waals surface area contributed by atoms with Crippen LogP contribution >= 0.6 is 0 Å². The lowest BCUT2D eigenvalue weighted by Crippen LogP contribution is -2.00. The summed E-state index contributed by atoms with van der Waals surface area (Å²) in [6, 6.07) is 5.74. The minimum absolute atomic E-state index is 0.273. The zero-order valence-corrected chi connectivity index (χ0v) is 10.1. The molecule has 0 aliphatic carbocycles. The second-order valence-corrected chi connectivity index (χ2v) is 4.26. The highest BCUT2D eigenvalue weighted by molar-refractivity contribution is 5.51. The van der Waals surface area contributed by atoms with Crippen molar-refractivity contribution in [1.29, 1.82) is 0 Å². The molecule has 0 amide bonds. The molecule has 16 heavy (non-hydrogen) atoms. The molecule has 1 N–H and O–H groups in total. The molecule has 0 bridgehead atoms. The lowest BCUT2D eigenvalue weighted by Gasteiger charge is -2.10. The topological polar surface area (TPSA) is 38.0 Å². The standard InChI is InChI=1S/C13H16N2O/c1-8-5-12(13(16)6-9(8)2)15-11(4)7-10(3)14-15/h5-7,16H,1-4H3. The zero-order chi connectivity index (χ0) is 11.9. The van der Waals surface area contributed by atoms with Gasteiger partial charge in [0.25, 0.3) is 0 Å². The number of benzene rings is 1. The van der Waals surface area contributed by atoms with Crippen molar-refractivity contribution < 1.29 is 5.11 Å². The quantitative estimate of drug-likeness (QED) is 0.796. The van der Waals surface area contributed by atoms with Gasteiger partial charge in [-0.15, -0.1) is 0 Å². The zero-order valence-electron chi connectivity index (χ0n) is 10.1. The average molecular weight is 216 g/mol. The van der Waals surface area contributed by atoms with Gasteiger partial charge in [0.05, 0.1) is 5.69 Å². The van der Waals surface area contributed by atoms with Crippen LogP contribution in [0.2, 0.25) is 0 Å². The Balaban J connectivity index is 2.64. The molecular weight excluding hydrogens is 200 g/mol. The number of phenolic OH excluding ortho intramolecular Hbond substituents is 1. The first-order chi connectivity index (χ1) is 7.49. The fourth-order valence-electron chi connectivity index (χ4n) is 1.83. The highest BCUT2D eigenvalue weighted by Gasteiger charge is 2.09. The first kappa shape index (κ1) is 10.7. The van der Waals surface area contributed by atoms with Gasteiger partial charge in [-0.05, 0) is 57.0 Å². The SMILES string of the molecule is Cc1cc(C)n(-c2cc(C)c(C)cc2O)n1. The van der Waals surface area contributed by atoms with Gasteiger partial charge in [-0.25, -0.2) is 4.68 Å². The van der Waals surface area contributed by atoms with Gasteiger partial charge in [0, 0.05) is 5.69 Å². The molecule has 84 valence electrons. The Labute approximate surface area is 95.3 Å². The van der Waals surface area contributed by atoms with Crippen LogP contribution in [-0.4, -0.2) is 14.9 Å². The predicted octanol–water partition coefficient (Wildman–Crippen LogP) is 2.81. The van der Waals surface area contributed by atoms with E-state index in [4.69, 9.17) is 0 Å². The maximum atomic E-state index is 9.94. The van der Waals surface area contributed by atoms with Crippen LogP contribution in [0.1, 0.15) is 22.5 Å². The lowest BCUT2D eigenvalue weighted by molar-refractivity contribution is 0.469. The molecule has 1 aromatic heterocycles. The van der Waals surface area contributed by atoms with Crippen LogP contribution < -0.4 is 0 Å². The fourth-order valence-corrected chi connectivity index (χ4v) is 1.83. The van der Waals surface area contributed by atoms with Crippen LogP contribution in [-0.2, 0) is 0 Å². The Morgan fingerprint density at radius 3 is 2.19 bits per heavy atom. The summed E-state index contributed by atoms with van der Waals surface area (Å²) >= 11 is 0. The normalized spacial score (nSPS) is 10.8. The summed E-state index contributed by atoms with van der Waals surface area (Å²) in [7, 11) is 0. The van der Waals surface area contributed by atoms with Gasteiger partial charge in [-0.3, -0.25) is 0 Å². The molecule has 0 unspecified atom stereocenters. The summed E-state index contributed by atoms with van der Waals surface area (Å²) < 4.78 is 1.77. The van der Waals surface area contributed by atoms with Crippen molar-refractivity contribution in [3.05, 3.63) is 40.7 Å². The van der Waals surface area contributed by atoms with E-state index >= 15 is 0 Å². The molecule has 0 aliphatic rings. The third-order valence-electron chi connectivity index (χ3n) is 2.83. The number of aromatic hydroxyl groups is 1. The number of aryl methyl sites for hydroxylation is 4. The van der Waals surface area contributed by atoms with Crippen molar-refractivity contribution in [2.45, 2.75) is 27.7 Å². The molecule has 1 aromatic carbocycles. The summed E-state index contributed by atoms with van der Waals surface area (Å²) in [4.78, 5) is 0. The smallest absolute Gasteiger partial charge is 0.141 e. The van der Waals surface area contributed by atoms with Gasteiger partial charge in [-0.2, -0.15) is 5.10 Å². The van der Waals surface area contributed by atoms with Crippen molar-refractivity contribution in [3.63, 3.8) is 0 Å². The molecule has 2 aromatic rings. The van der Waals surface area contributed by atoms with E-state index in [1.54, 1.807) is 10.7 Å². The van der Waals surface area contributed by atoms with Crippen molar-refractivity contribution >= 4 is 0 Å². The number of nitrogens with zero attached hydrogens (tertiary/aromatic N) is 2. The fraction of sp³-hybridized carbons (Fsp3) is 0.308. The maximum Gasteiger partial charge on any atom is 0.141 e. The van der Waals surface area contributed by atoms with Crippen LogP contribution in [0, 0.1) is 27.7 Å². The van der Waals surface area contributed by atoms with E-state index in [1.165, 1.54) is 0 Å². The Morgan fingerprint density at radius 2 is 1.62 bits per heavy atom. The van der Waals surface area contributed by atoms with E-state index in [0.29, 0.717) is 0 Å². The molecular formula is C13H16N2O. The summed E-state index contributed by atoms with van der Waals surface area (Å²) in [6.45, 7) is 7.94. The number of rotatable bonds is 1. The monoisotopic (exact) mass is 216 g/mol. The van der Waals surface area contributed by atoms with Gasteiger partial charge >= 0.3 is 0 Å². The van der Waals surface area contributed by atoms with E-state index in [2.05, 4.69) is 5.10 Å². The maximum absolute atomic E-state index is 9.94. The molecule has 0 atom stereocenters. The minimum Gasteiger partial charge on any atom is -0.506 e. The Kier molecular flexibility index (Phi) is 2.46. The van der Waals surface area contributed by atoms with Gasteiger partial charge in [0.1, 0.15) is 11.4 Å². The van der Waals surface area contributed by atoms with Crippen LogP contribution in [0.5, 0.6) is 5.75 Å². The van der Waals surface area contributed by atoms with E-state index in [1.807, 2.05) is 39.8 Å². The minimum atomic E-state index is 0.273. The van der Waals surface area contributed by atoms with Crippen molar-refractivity contribution in [2.75, 3.05) is 0 Å². The summed E-state index contributed by atoms with van der Waals surface area (Å²) in [5.41, 5.74) is 4.96. The number of hydrogen-bond donors (Lipinski definition) is 1. The molecule has 1 heterocycles. The third kappa shape index (κ3) is 1.69. The highest BCUT2D eigenvalue weighted by atomic mass is 16.3. The molecule has 0 saturated heterocycles. The van der Waals surface area contributed by atoms with Crippen LogP contribution in [0.25, 0.3) is 5.69 Å². The first-order valence-corrected chi connectivity index (χ1v) is 5.33. The molecule has 3 nitrogen and oxygen atoms in total. The van der Waals surface area contributed by atoms with E-state index < -0.39 is 0 Å². The van der Waals surface area contributed by atoms with Gasteiger partial charge < -0.3 is 5.11 Å². The molecule has 3 heteroatoms. The van der Waals surface area contributed by atoms with Crippen molar-refractivity contribution in [2.24, 2.45) is 0 Å². The molecule has 2 rings (SSSR count). The van der Waals surface area contributed by atoms with E-state index in [0.717, 1.165) is 28.2 Å². The second kappa shape index (κ2) is 3.67. The summed E-state index contributed by atoms with van der Waals surface area (Å²) in [6.07, 6.45) is 0. The second-order valence-electron chi connectivity index (χ2n) is 4.26.